The fourth-order valence-electron chi connectivity index (χ4n) is 4.10. The van der Waals surface area contributed by atoms with Gasteiger partial charge >= 0.3 is 5.69 Å². The highest BCUT2D eigenvalue weighted by Crippen LogP contribution is 2.19. The molecule has 2 aromatic rings. The largest absolute Gasteiger partial charge is 0.336 e. The van der Waals surface area contributed by atoms with E-state index in [0.29, 0.717) is 30.6 Å². The summed E-state index contributed by atoms with van der Waals surface area (Å²) in [5.74, 6) is -0.961. The van der Waals surface area contributed by atoms with Crippen LogP contribution in [0.4, 0.5) is 4.39 Å². The van der Waals surface area contributed by atoms with E-state index in [1.54, 1.807) is 11.8 Å². The molecule has 1 amide bonds. The maximum absolute atomic E-state index is 14.6. The second-order valence-corrected chi connectivity index (χ2v) is 8.08. The van der Waals surface area contributed by atoms with Gasteiger partial charge in [-0.2, -0.15) is 0 Å². The summed E-state index contributed by atoms with van der Waals surface area (Å²) in [6, 6.07) is 4.45. The van der Waals surface area contributed by atoms with Gasteiger partial charge in [-0.1, -0.05) is 38.4 Å². The molecule has 31 heavy (non-hydrogen) atoms. The lowest BCUT2D eigenvalue weighted by Crippen LogP contribution is -2.54. The van der Waals surface area contributed by atoms with E-state index in [2.05, 4.69) is 23.7 Å². The summed E-state index contributed by atoms with van der Waals surface area (Å²) < 4.78 is 15.8. The van der Waals surface area contributed by atoms with Crippen molar-refractivity contribution in [3.8, 4) is 0 Å². The Morgan fingerprint density at radius 2 is 1.97 bits per heavy atom. The zero-order valence-corrected chi connectivity index (χ0v) is 18.8. The molecule has 1 aliphatic rings. The summed E-state index contributed by atoms with van der Waals surface area (Å²) in [5, 5.41) is 0.0509. The van der Waals surface area contributed by atoms with E-state index < -0.39 is 17.1 Å². The molecule has 0 aliphatic carbocycles. The molecule has 0 unspecified atom stereocenters. The molecule has 7 nitrogen and oxygen atoms in total. The Morgan fingerprint density at radius 3 is 2.61 bits per heavy atom. The standard InChI is InChI=1S/C22H28ClFN4O3/c1-4-15-13-27(10-9-26(15)6-3)21(30)17-11-14(7-8-18(17)24)12-28-19(23)16(5-2)20(29)25-22(28)31/h7-8,11,15H,4-6,9-10,12-13H2,1-3H3,(H,25,29,31)/t15-/m1/s1. The minimum Gasteiger partial charge on any atom is -0.336 e. The fraction of sp³-hybridized carbons (Fsp3) is 0.500. The first-order valence-corrected chi connectivity index (χ1v) is 11.0. The summed E-state index contributed by atoms with van der Waals surface area (Å²) in [7, 11) is 0. The van der Waals surface area contributed by atoms with Crippen LogP contribution < -0.4 is 11.2 Å². The molecular weight excluding hydrogens is 423 g/mol. The summed E-state index contributed by atoms with van der Waals surface area (Å²) in [5.41, 5.74) is -0.339. The number of nitrogens with one attached hydrogen (secondary N) is 1. The number of aromatic nitrogens is 2. The van der Waals surface area contributed by atoms with Crippen LogP contribution >= 0.6 is 11.6 Å². The van der Waals surface area contributed by atoms with E-state index in [9.17, 15) is 18.8 Å². The van der Waals surface area contributed by atoms with E-state index in [-0.39, 0.29) is 29.2 Å². The maximum Gasteiger partial charge on any atom is 0.329 e. The van der Waals surface area contributed by atoms with Gasteiger partial charge in [0.2, 0.25) is 0 Å². The number of aromatic amines is 1. The molecule has 1 atom stereocenters. The molecule has 9 heteroatoms. The van der Waals surface area contributed by atoms with Crippen LogP contribution in [0.15, 0.2) is 27.8 Å². The van der Waals surface area contributed by atoms with Crippen LogP contribution in [0.5, 0.6) is 0 Å². The van der Waals surface area contributed by atoms with Gasteiger partial charge in [0.05, 0.1) is 17.7 Å². The van der Waals surface area contributed by atoms with Gasteiger partial charge in [0.25, 0.3) is 11.5 Å². The van der Waals surface area contributed by atoms with Gasteiger partial charge in [0, 0.05) is 25.7 Å². The molecule has 168 valence electrons. The number of rotatable bonds is 6. The first kappa shape index (κ1) is 23.2. The number of carbonyl (C=O) groups excluding carboxylic acids is 1. The molecular formula is C22H28ClFN4O3. The van der Waals surface area contributed by atoms with E-state index in [1.807, 2.05) is 0 Å². The Kier molecular flexibility index (Phi) is 7.33. The Hall–Kier alpha value is -2.45. The molecule has 1 N–H and O–H groups in total. The minimum atomic E-state index is -0.647. The SMILES string of the molecule is CCc1c(Cl)n(Cc2ccc(F)c(C(=O)N3CCN(CC)[C@H](CC)C3)c2)c(=O)[nH]c1=O. The molecule has 1 aromatic heterocycles. The molecule has 2 heterocycles. The highest BCUT2D eigenvalue weighted by Gasteiger charge is 2.29. The van der Waals surface area contributed by atoms with Gasteiger partial charge < -0.3 is 4.90 Å². The van der Waals surface area contributed by atoms with Crippen molar-refractivity contribution in [2.45, 2.75) is 46.2 Å². The molecule has 1 saturated heterocycles. The van der Waals surface area contributed by atoms with Crippen molar-refractivity contribution in [3.05, 3.63) is 66.7 Å². The quantitative estimate of drug-likeness (QED) is 0.686. The highest BCUT2D eigenvalue weighted by molar-refractivity contribution is 6.30. The number of benzene rings is 1. The second-order valence-electron chi connectivity index (χ2n) is 7.72. The Labute approximate surface area is 185 Å². The van der Waals surface area contributed by atoms with Gasteiger partial charge in [0.15, 0.2) is 0 Å². The zero-order chi connectivity index (χ0) is 22.7. The number of nitrogens with zero attached hydrogens (tertiary/aromatic N) is 3. The molecule has 0 radical (unpaired) electrons. The molecule has 1 fully saturated rings. The smallest absolute Gasteiger partial charge is 0.329 e. The van der Waals surface area contributed by atoms with Crippen molar-refractivity contribution in [1.82, 2.24) is 19.4 Å². The number of likely N-dealkylation sites (N-methyl/N-ethyl adjacent to an activating group) is 1. The van der Waals surface area contributed by atoms with E-state index >= 15 is 0 Å². The van der Waals surface area contributed by atoms with E-state index in [4.69, 9.17) is 11.6 Å². The zero-order valence-electron chi connectivity index (χ0n) is 18.1. The van der Waals surface area contributed by atoms with Crippen molar-refractivity contribution in [3.63, 3.8) is 0 Å². The van der Waals surface area contributed by atoms with Gasteiger partial charge in [-0.3, -0.25) is 24.0 Å². The third-order valence-electron chi connectivity index (χ3n) is 5.95. The molecule has 3 rings (SSSR count). The summed E-state index contributed by atoms with van der Waals surface area (Å²) in [4.78, 5) is 43.5. The lowest BCUT2D eigenvalue weighted by Gasteiger charge is -2.40. The minimum absolute atomic E-state index is 0.0171. The first-order valence-electron chi connectivity index (χ1n) is 10.6. The highest BCUT2D eigenvalue weighted by atomic mass is 35.5. The lowest BCUT2D eigenvalue weighted by molar-refractivity contribution is 0.0485. The van der Waals surface area contributed by atoms with Crippen LogP contribution in [0.1, 0.15) is 48.7 Å². The third-order valence-corrected chi connectivity index (χ3v) is 6.38. The van der Waals surface area contributed by atoms with Crippen molar-refractivity contribution < 1.29 is 9.18 Å². The predicted molar refractivity (Wildman–Crippen MR) is 118 cm³/mol. The lowest BCUT2D eigenvalue weighted by atomic mass is 10.1. The number of hydrogen-bond acceptors (Lipinski definition) is 4. The maximum atomic E-state index is 14.6. The Bertz CT molecular complexity index is 1080. The summed E-state index contributed by atoms with van der Waals surface area (Å²) in [6.45, 7) is 8.72. The number of H-pyrrole nitrogens is 1. The average Bonchev–Trinajstić information content (AvgIpc) is 2.76. The van der Waals surface area contributed by atoms with Crippen LogP contribution in [-0.4, -0.2) is 57.5 Å². The number of amides is 1. The number of hydrogen-bond donors (Lipinski definition) is 1. The monoisotopic (exact) mass is 450 g/mol. The molecule has 0 spiro atoms. The van der Waals surface area contributed by atoms with Gasteiger partial charge in [-0.05, 0) is 37.1 Å². The van der Waals surface area contributed by atoms with Crippen LogP contribution in [0, 0.1) is 5.82 Å². The molecule has 1 aliphatic heterocycles. The number of piperazine rings is 1. The summed E-state index contributed by atoms with van der Waals surface area (Å²) in [6.07, 6.45) is 1.28. The van der Waals surface area contributed by atoms with Gasteiger partial charge in [-0.15, -0.1) is 0 Å². The van der Waals surface area contributed by atoms with Crippen molar-refractivity contribution >= 4 is 17.5 Å². The van der Waals surface area contributed by atoms with Crippen molar-refractivity contribution in [2.24, 2.45) is 0 Å². The number of carbonyl (C=O) groups is 1. The number of halogens is 2. The normalized spacial score (nSPS) is 17.2. The fourth-order valence-corrected chi connectivity index (χ4v) is 4.46. The van der Waals surface area contributed by atoms with E-state index in [0.717, 1.165) is 19.5 Å². The topological polar surface area (TPSA) is 78.4 Å². The molecule has 1 aromatic carbocycles. The molecule has 0 bridgehead atoms. The van der Waals surface area contributed by atoms with Crippen molar-refractivity contribution in [2.75, 3.05) is 26.2 Å². The van der Waals surface area contributed by atoms with E-state index in [1.165, 1.54) is 22.8 Å². The van der Waals surface area contributed by atoms with Crippen LogP contribution in [0.3, 0.4) is 0 Å². The van der Waals surface area contributed by atoms with Crippen LogP contribution in [0.25, 0.3) is 0 Å². The van der Waals surface area contributed by atoms with Gasteiger partial charge in [0.1, 0.15) is 11.0 Å². The average molecular weight is 451 g/mol. The summed E-state index contributed by atoms with van der Waals surface area (Å²) >= 11 is 6.27. The third kappa shape index (κ3) is 4.75. The van der Waals surface area contributed by atoms with Crippen molar-refractivity contribution in [1.29, 1.82) is 0 Å². The molecule has 0 saturated carbocycles. The Morgan fingerprint density at radius 1 is 1.23 bits per heavy atom. The second kappa shape index (κ2) is 9.78. The first-order chi connectivity index (χ1) is 14.8. The van der Waals surface area contributed by atoms with Crippen LogP contribution in [0.2, 0.25) is 5.15 Å². The van der Waals surface area contributed by atoms with Gasteiger partial charge in [-0.25, -0.2) is 9.18 Å². The Balaban J connectivity index is 1.89. The predicted octanol–water partition coefficient (Wildman–Crippen LogP) is 2.50. The van der Waals surface area contributed by atoms with Crippen LogP contribution in [-0.2, 0) is 13.0 Å².